The van der Waals surface area contributed by atoms with Gasteiger partial charge in [0.25, 0.3) is 5.56 Å². The molecule has 0 fully saturated rings. The highest BCUT2D eigenvalue weighted by atomic mass is 32.1. The highest BCUT2D eigenvalue weighted by Crippen LogP contribution is 2.07. The molecule has 0 bridgehead atoms. The molecule has 0 saturated carbocycles. The van der Waals surface area contributed by atoms with Gasteiger partial charge >= 0.3 is 0 Å². The van der Waals surface area contributed by atoms with Crippen LogP contribution in [0.5, 0.6) is 0 Å². The highest BCUT2D eigenvalue weighted by molar-refractivity contribution is 7.79. The number of fused-ring (bicyclic) bond motifs is 1. The fourth-order valence-corrected chi connectivity index (χ4v) is 1.87. The number of hydrogen-bond acceptors (Lipinski definition) is 4. The molecule has 0 saturated heterocycles. The lowest BCUT2D eigenvalue weighted by atomic mass is 10.4. The van der Waals surface area contributed by atoms with Crippen LogP contribution in [0.1, 0.15) is 5.69 Å². The van der Waals surface area contributed by atoms with Gasteiger partial charge in [0.2, 0.25) is 0 Å². The van der Waals surface area contributed by atoms with Crippen LogP contribution < -0.4 is 5.56 Å². The third-order valence-electron chi connectivity index (χ3n) is 1.52. The fourth-order valence-electron chi connectivity index (χ4n) is 0.969. The lowest BCUT2D eigenvalue weighted by Gasteiger charge is -1.94. The molecule has 62 valence electrons. The Hall–Kier alpha value is -0.810. The third-order valence-corrected chi connectivity index (χ3v) is 2.60. The summed E-state index contributed by atoms with van der Waals surface area (Å²) < 4.78 is 1.53. The monoisotopic (exact) mass is 198 g/mol. The van der Waals surface area contributed by atoms with Gasteiger partial charge in [-0.25, -0.2) is 4.98 Å². The molecule has 2 heterocycles. The molecule has 2 aromatic heterocycles. The second kappa shape index (κ2) is 2.91. The van der Waals surface area contributed by atoms with Crippen molar-refractivity contribution in [1.82, 2.24) is 9.38 Å². The van der Waals surface area contributed by atoms with Gasteiger partial charge in [0, 0.05) is 23.4 Å². The maximum atomic E-state index is 11.3. The van der Waals surface area contributed by atoms with Crippen molar-refractivity contribution in [3.63, 3.8) is 0 Å². The minimum atomic E-state index is -0.0368. The summed E-state index contributed by atoms with van der Waals surface area (Å²) in [7, 11) is 0. The van der Waals surface area contributed by atoms with Gasteiger partial charge in [-0.15, -0.1) is 11.3 Å². The Kier molecular flexibility index (Phi) is 1.90. The summed E-state index contributed by atoms with van der Waals surface area (Å²) in [5.74, 6) is 0.504. The number of thiazole rings is 1. The van der Waals surface area contributed by atoms with Crippen molar-refractivity contribution < 1.29 is 0 Å². The molecule has 0 radical (unpaired) electrons. The van der Waals surface area contributed by atoms with E-state index in [0.29, 0.717) is 5.75 Å². The Labute approximate surface area is 78.1 Å². The summed E-state index contributed by atoms with van der Waals surface area (Å²) in [6.07, 6.45) is 1.72. The predicted octanol–water partition coefficient (Wildman–Crippen LogP) is 1.19. The van der Waals surface area contributed by atoms with E-state index in [4.69, 9.17) is 0 Å². The molecule has 5 heteroatoms. The number of aromatic nitrogens is 2. The lowest BCUT2D eigenvalue weighted by molar-refractivity contribution is 1.04. The second-order valence-corrected chi connectivity index (χ2v) is 3.49. The summed E-state index contributed by atoms with van der Waals surface area (Å²) in [4.78, 5) is 16.3. The summed E-state index contributed by atoms with van der Waals surface area (Å²) in [6.45, 7) is 0. The van der Waals surface area contributed by atoms with Gasteiger partial charge in [-0.05, 0) is 0 Å². The van der Waals surface area contributed by atoms with Gasteiger partial charge in [0.15, 0.2) is 4.96 Å². The van der Waals surface area contributed by atoms with Crippen LogP contribution in [0.3, 0.4) is 0 Å². The Morgan fingerprint density at radius 1 is 1.67 bits per heavy atom. The summed E-state index contributed by atoms with van der Waals surface area (Å²) in [5.41, 5.74) is 0.691. The standard InChI is InChI=1S/C7H6N2OS2/c10-6-3-5(4-11)8-7-9(6)1-2-12-7/h1-3,11H,4H2. The number of nitrogens with zero attached hydrogens (tertiary/aromatic N) is 2. The first-order valence-electron chi connectivity index (χ1n) is 3.38. The molecule has 0 spiro atoms. The molecule has 12 heavy (non-hydrogen) atoms. The minimum absolute atomic E-state index is 0.0368. The number of thiol groups is 1. The van der Waals surface area contributed by atoms with Crippen molar-refractivity contribution in [3.8, 4) is 0 Å². The zero-order valence-corrected chi connectivity index (χ0v) is 7.81. The molecule has 3 nitrogen and oxygen atoms in total. The average molecular weight is 198 g/mol. The molecule has 0 unspecified atom stereocenters. The maximum absolute atomic E-state index is 11.3. The smallest absolute Gasteiger partial charge is 0.258 e. The van der Waals surface area contributed by atoms with E-state index in [1.807, 2.05) is 5.38 Å². The van der Waals surface area contributed by atoms with E-state index in [1.54, 1.807) is 6.20 Å². The molecular weight excluding hydrogens is 192 g/mol. The highest BCUT2D eigenvalue weighted by Gasteiger charge is 2.00. The van der Waals surface area contributed by atoms with Crippen molar-refractivity contribution in [2.75, 3.05) is 0 Å². The van der Waals surface area contributed by atoms with Crippen LogP contribution >= 0.6 is 24.0 Å². The molecule has 0 aromatic carbocycles. The van der Waals surface area contributed by atoms with E-state index in [-0.39, 0.29) is 5.56 Å². The van der Waals surface area contributed by atoms with Crippen LogP contribution in [0.2, 0.25) is 0 Å². The molecular formula is C7H6N2OS2. The maximum Gasteiger partial charge on any atom is 0.258 e. The zero-order valence-electron chi connectivity index (χ0n) is 6.10. The van der Waals surface area contributed by atoms with Crippen LogP contribution in [0, 0.1) is 0 Å². The Balaban J connectivity index is 2.84. The molecule has 2 rings (SSSR count). The van der Waals surface area contributed by atoms with E-state index in [2.05, 4.69) is 17.6 Å². The first-order valence-corrected chi connectivity index (χ1v) is 4.89. The molecule has 0 aliphatic carbocycles. The Morgan fingerprint density at radius 2 is 2.50 bits per heavy atom. The zero-order chi connectivity index (χ0) is 8.55. The van der Waals surface area contributed by atoms with E-state index >= 15 is 0 Å². The van der Waals surface area contributed by atoms with Gasteiger partial charge in [0.05, 0.1) is 5.69 Å². The largest absolute Gasteiger partial charge is 0.269 e. The van der Waals surface area contributed by atoms with Crippen LogP contribution in [0.25, 0.3) is 4.96 Å². The molecule has 2 aromatic rings. The summed E-state index contributed by atoms with van der Waals surface area (Å²) in [6, 6.07) is 1.51. The van der Waals surface area contributed by atoms with Crippen molar-refractivity contribution in [3.05, 3.63) is 33.7 Å². The van der Waals surface area contributed by atoms with Gasteiger partial charge in [-0.3, -0.25) is 9.20 Å². The third kappa shape index (κ3) is 1.15. The summed E-state index contributed by atoms with van der Waals surface area (Å²) in [5, 5.41) is 1.84. The van der Waals surface area contributed by atoms with E-state index < -0.39 is 0 Å². The van der Waals surface area contributed by atoms with E-state index in [1.165, 1.54) is 21.8 Å². The molecule has 0 aliphatic rings. The van der Waals surface area contributed by atoms with Crippen molar-refractivity contribution in [2.24, 2.45) is 0 Å². The molecule has 0 aliphatic heterocycles. The predicted molar refractivity (Wildman–Crippen MR) is 52.0 cm³/mol. The van der Waals surface area contributed by atoms with Gasteiger partial charge in [-0.1, -0.05) is 0 Å². The first kappa shape index (κ1) is 7.82. The summed E-state index contributed by atoms with van der Waals surface area (Å²) >= 11 is 5.51. The quantitative estimate of drug-likeness (QED) is 0.698. The van der Waals surface area contributed by atoms with Crippen molar-refractivity contribution in [2.45, 2.75) is 5.75 Å². The van der Waals surface area contributed by atoms with Crippen LogP contribution in [0.4, 0.5) is 0 Å². The van der Waals surface area contributed by atoms with Gasteiger partial charge < -0.3 is 0 Å². The Morgan fingerprint density at radius 3 is 3.25 bits per heavy atom. The molecule has 0 amide bonds. The molecule has 0 atom stereocenters. The number of rotatable bonds is 1. The second-order valence-electron chi connectivity index (χ2n) is 2.30. The first-order chi connectivity index (χ1) is 5.81. The lowest BCUT2D eigenvalue weighted by Crippen LogP contribution is -2.12. The molecule has 0 N–H and O–H groups in total. The van der Waals surface area contributed by atoms with Gasteiger partial charge in [-0.2, -0.15) is 12.6 Å². The average Bonchev–Trinajstić information content (AvgIpc) is 2.52. The topological polar surface area (TPSA) is 34.4 Å². The van der Waals surface area contributed by atoms with E-state index in [0.717, 1.165) is 10.7 Å². The Bertz CT molecular complexity index is 460. The van der Waals surface area contributed by atoms with Crippen LogP contribution in [-0.4, -0.2) is 9.38 Å². The van der Waals surface area contributed by atoms with Gasteiger partial charge in [0.1, 0.15) is 0 Å². The fraction of sp³-hybridized carbons (Fsp3) is 0.143. The SMILES string of the molecule is O=c1cc(CS)nc2sccn12. The number of hydrogen-bond donors (Lipinski definition) is 1. The van der Waals surface area contributed by atoms with Crippen LogP contribution in [0.15, 0.2) is 22.4 Å². The van der Waals surface area contributed by atoms with Crippen molar-refractivity contribution in [1.29, 1.82) is 0 Å². The minimum Gasteiger partial charge on any atom is -0.269 e. The van der Waals surface area contributed by atoms with Crippen LogP contribution in [-0.2, 0) is 5.75 Å². The normalized spacial score (nSPS) is 10.8. The van der Waals surface area contributed by atoms with E-state index in [9.17, 15) is 4.79 Å². The van der Waals surface area contributed by atoms with Crippen molar-refractivity contribution >= 4 is 28.9 Å².